The maximum absolute atomic E-state index is 13.0. The Kier molecular flexibility index (Phi) is 6.35. The van der Waals surface area contributed by atoms with E-state index in [9.17, 15) is 4.79 Å². The van der Waals surface area contributed by atoms with Crippen molar-refractivity contribution in [2.45, 2.75) is 19.9 Å². The minimum Gasteiger partial charge on any atom is -0.494 e. The van der Waals surface area contributed by atoms with Gasteiger partial charge in [0.1, 0.15) is 10.8 Å². The molecule has 188 valence electrons. The second-order valence-corrected chi connectivity index (χ2v) is 9.94. The first-order valence-electron chi connectivity index (χ1n) is 12.2. The van der Waals surface area contributed by atoms with Crippen LogP contribution in [0.1, 0.15) is 23.1 Å². The lowest BCUT2D eigenvalue weighted by Gasteiger charge is -2.20. The fraction of sp³-hybridized carbons (Fsp3) is 0.138. The highest BCUT2D eigenvalue weighted by Gasteiger charge is 2.36. The molecule has 6 rings (SSSR count). The van der Waals surface area contributed by atoms with E-state index in [4.69, 9.17) is 10.1 Å². The van der Waals surface area contributed by atoms with Gasteiger partial charge in [0.2, 0.25) is 5.17 Å². The van der Waals surface area contributed by atoms with Crippen molar-refractivity contribution in [3.8, 4) is 5.75 Å². The lowest BCUT2D eigenvalue weighted by molar-refractivity contribution is -0.114. The lowest BCUT2D eigenvalue weighted by atomic mass is 10.1. The number of fused-ring (bicyclic) bond motifs is 2. The standard InChI is InChI=1S/C29H24N6O2S/c1-19-7-4-9-22(15-19)37-14-6-13-34-18-21(23-10-2-3-11-25(23)34)16-24-26(30)35-29(32-27(24)36)38-28(33-35)20-8-5-12-31-17-20/h2-5,7-12,15-18,30H,6,13-14H2,1H3. The van der Waals surface area contributed by atoms with E-state index in [0.29, 0.717) is 16.8 Å². The van der Waals surface area contributed by atoms with Gasteiger partial charge in [-0.1, -0.05) is 30.3 Å². The average Bonchev–Trinajstić information content (AvgIpc) is 3.51. The maximum Gasteiger partial charge on any atom is 0.283 e. The van der Waals surface area contributed by atoms with Crippen LogP contribution in [0.4, 0.5) is 0 Å². The van der Waals surface area contributed by atoms with Gasteiger partial charge in [-0.2, -0.15) is 15.1 Å². The summed E-state index contributed by atoms with van der Waals surface area (Å²) in [5, 5.41) is 16.7. The predicted octanol–water partition coefficient (Wildman–Crippen LogP) is 5.48. The molecule has 0 bridgehead atoms. The maximum atomic E-state index is 13.0. The molecular weight excluding hydrogens is 496 g/mol. The zero-order chi connectivity index (χ0) is 26.1. The van der Waals surface area contributed by atoms with Crippen molar-refractivity contribution in [1.82, 2.24) is 14.6 Å². The first-order valence-corrected chi connectivity index (χ1v) is 13.1. The van der Waals surface area contributed by atoms with Crippen LogP contribution in [0.25, 0.3) is 17.0 Å². The number of aryl methyl sites for hydroxylation is 2. The van der Waals surface area contributed by atoms with Gasteiger partial charge < -0.3 is 9.30 Å². The number of pyridine rings is 1. The van der Waals surface area contributed by atoms with Crippen molar-refractivity contribution in [3.05, 3.63) is 102 Å². The predicted molar refractivity (Wildman–Crippen MR) is 152 cm³/mol. The van der Waals surface area contributed by atoms with Gasteiger partial charge >= 0.3 is 0 Å². The topological polar surface area (TPSA) is 95.9 Å². The number of aromatic nitrogens is 2. The zero-order valence-corrected chi connectivity index (χ0v) is 21.5. The van der Waals surface area contributed by atoms with Crippen LogP contribution in [-0.4, -0.2) is 43.1 Å². The van der Waals surface area contributed by atoms with Crippen LogP contribution in [0.3, 0.4) is 0 Å². The van der Waals surface area contributed by atoms with Crippen molar-refractivity contribution >= 4 is 50.7 Å². The van der Waals surface area contributed by atoms with Gasteiger partial charge in [-0.05, 0) is 67.1 Å². The molecule has 0 aliphatic carbocycles. The van der Waals surface area contributed by atoms with Crippen LogP contribution in [0.2, 0.25) is 0 Å². The lowest BCUT2D eigenvalue weighted by Crippen LogP contribution is -2.35. The number of carbonyl (C=O) groups excluding carboxylic acids is 1. The minimum atomic E-state index is -0.445. The van der Waals surface area contributed by atoms with E-state index in [1.807, 2.05) is 67.7 Å². The Labute approximate surface area is 223 Å². The molecule has 2 aliphatic rings. The van der Waals surface area contributed by atoms with Crippen molar-refractivity contribution in [2.24, 2.45) is 10.1 Å². The third-order valence-electron chi connectivity index (χ3n) is 6.28. The molecule has 9 heteroatoms. The van der Waals surface area contributed by atoms with Crippen molar-refractivity contribution in [3.63, 3.8) is 0 Å². The Morgan fingerprint density at radius 1 is 1.11 bits per heavy atom. The molecule has 2 aromatic carbocycles. The summed E-state index contributed by atoms with van der Waals surface area (Å²) in [6.07, 6.45) is 7.98. The molecule has 8 nitrogen and oxygen atoms in total. The van der Waals surface area contributed by atoms with Crippen molar-refractivity contribution in [2.75, 3.05) is 6.61 Å². The summed E-state index contributed by atoms with van der Waals surface area (Å²) in [5.41, 5.74) is 4.10. The van der Waals surface area contributed by atoms with Gasteiger partial charge in [0, 0.05) is 47.2 Å². The number of thioether (sulfide) groups is 1. The van der Waals surface area contributed by atoms with Gasteiger partial charge in [0.25, 0.3) is 5.91 Å². The van der Waals surface area contributed by atoms with Crippen molar-refractivity contribution in [1.29, 1.82) is 5.41 Å². The van der Waals surface area contributed by atoms with Gasteiger partial charge in [-0.3, -0.25) is 15.2 Å². The fourth-order valence-electron chi connectivity index (χ4n) is 4.46. The molecule has 0 unspecified atom stereocenters. The van der Waals surface area contributed by atoms with E-state index in [1.165, 1.54) is 22.3 Å². The van der Waals surface area contributed by atoms with Gasteiger partial charge in [0.15, 0.2) is 5.84 Å². The summed E-state index contributed by atoms with van der Waals surface area (Å²) < 4.78 is 8.09. The van der Waals surface area contributed by atoms with Crippen LogP contribution >= 0.6 is 11.8 Å². The number of nitrogens with zero attached hydrogens (tertiary/aromatic N) is 5. The van der Waals surface area contributed by atoms with E-state index in [0.717, 1.165) is 40.7 Å². The minimum absolute atomic E-state index is 0.00905. The number of amidine groups is 2. The summed E-state index contributed by atoms with van der Waals surface area (Å²) in [7, 11) is 0. The molecule has 1 N–H and O–H groups in total. The zero-order valence-electron chi connectivity index (χ0n) is 20.7. The molecule has 0 atom stereocenters. The quantitative estimate of drug-likeness (QED) is 0.257. The number of para-hydroxylation sites is 1. The van der Waals surface area contributed by atoms with Crippen LogP contribution in [-0.2, 0) is 11.3 Å². The summed E-state index contributed by atoms with van der Waals surface area (Å²) in [4.78, 5) is 21.3. The monoisotopic (exact) mass is 520 g/mol. The molecule has 2 aliphatic heterocycles. The third-order valence-corrected chi connectivity index (χ3v) is 7.24. The number of aliphatic imine (C=N–C) groups is 1. The Morgan fingerprint density at radius 3 is 2.84 bits per heavy atom. The van der Waals surface area contributed by atoms with Crippen LogP contribution in [0.5, 0.6) is 5.75 Å². The van der Waals surface area contributed by atoms with Crippen LogP contribution in [0, 0.1) is 12.3 Å². The Hall–Kier alpha value is -4.50. The highest BCUT2D eigenvalue weighted by Crippen LogP contribution is 2.32. The number of amides is 1. The largest absolute Gasteiger partial charge is 0.494 e. The van der Waals surface area contributed by atoms with Gasteiger partial charge in [0.05, 0.1) is 12.2 Å². The number of hydrazone groups is 1. The Bertz CT molecular complexity index is 1650. The molecule has 1 amide bonds. The molecular formula is C29H24N6O2S. The molecule has 4 aromatic rings. The highest BCUT2D eigenvalue weighted by molar-refractivity contribution is 8.27. The van der Waals surface area contributed by atoms with E-state index < -0.39 is 5.91 Å². The number of benzene rings is 2. The number of ether oxygens (including phenoxy) is 1. The van der Waals surface area contributed by atoms with Gasteiger partial charge in [-0.15, -0.1) is 0 Å². The number of rotatable bonds is 7. The Morgan fingerprint density at radius 2 is 2.00 bits per heavy atom. The van der Waals surface area contributed by atoms with Crippen LogP contribution in [0.15, 0.2) is 94.9 Å². The number of hydrogen-bond acceptors (Lipinski definition) is 6. The highest BCUT2D eigenvalue weighted by atomic mass is 32.2. The summed E-state index contributed by atoms with van der Waals surface area (Å²) >= 11 is 1.26. The smallest absolute Gasteiger partial charge is 0.283 e. The summed E-state index contributed by atoms with van der Waals surface area (Å²) in [6, 6.07) is 19.8. The molecule has 0 fully saturated rings. The molecule has 2 aromatic heterocycles. The Balaban J connectivity index is 1.24. The van der Waals surface area contributed by atoms with Gasteiger partial charge in [-0.25, -0.2) is 0 Å². The molecule has 0 spiro atoms. The first kappa shape index (κ1) is 23.9. The molecule has 4 heterocycles. The molecule has 0 radical (unpaired) electrons. The first-order chi connectivity index (χ1) is 18.6. The SMILES string of the molecule is Cc1cccc(OCCCn2cc(C=C3C(=N)N4N=C(c5cccnc5)SC4=NC3=O)c3ccccc32)c1. The summed E-state index contributed by atoms with van der Waals surface area (Å²) in [6.45, 7) is 3.40. The normalized spacial score (nSPS) is 16.1. The van der Waals surface area contributed by atoms with E-state index >= 15 is 0 Å². The fourth-order valence-corrected chi connectivity index (χ4v) is 5.34. The molecule has 0 saturated heterocycles. The third kappa shape index (κ3) is 4.64. The summed E-state index contributed by atoms with van der Waals surface area (Å²) in [5.74, 6) is 0.436. The number of nitrogens with one attached hydrogen (secondary N) is 1. The van der Waals surface area contributed by atoms with Crippen molar-refractivity contribution < 1.29 is 9.53 Å². The van der Waals surface area contributed by atoms with E-state index in [2.05, 4.69) is 25.7 Å². The van der Waals surface area contributed by atoms with Crippen LogP contribution < -0.4 is 4.74 Å². The van der Waals surface area contributed by atoms with E-state index in [1.54, 1.807) is 18.5 Å². The molecule has 0 saturated carbocycles. The van der Waals surface area contributed by atoms with E-state index in [-0.39, 0.29) is 11.4 Å². The molecule has 38 heavy (non-hydrogen) atoms. The second-order valence-electron chi connectivity index (χ2n) is 8.98. The second kappa shape index (κ2) is 10.1. The number of carbonyl (C=O) groups is 1. The number of hydrogen-bond donors (Lipinski definition) is 1. The average molecular weight is 521 g/mol.